The maximum atomic E-state index is 10.4. The van der Waals surface area contributed by atoms with E-state index in [0.29, 0.717) is 5.02 Å². The van der Waals surface area contributed by atoms with Crippen molar-refractivity contribution < 1.29 is 18.3 Å². The summed E-state index contributed by atoms with van der Waals surface area (Å²) in [5.41, 5.74) is 5.81. The molecule has 1 aliphatic heterocycles. The molecule has 3 rings (SSSR count). The fourth-order valence-electron chi connectivity index (χ4n) is 3.53. The summed E-state index contributed by atoms with van der Waals surface area (Å²) in [5, 5.41) is 10.4. The van der Waals surface area contributed by atoms with Gasteiger partial charge in [0, 0.05) is 42.2 Å². The summed E-state index contributed by atoms with van der Waals surface area (Å²) >= 11 is 6.35. The molecule has 0 aromatic heterocycles. The number of nitrogens with zero attached hydrogens (tertiary/aromatic N) is 2. The Morgan fingerprint density at radius 1 is 1.14 bits per heavy atom. The zero-order chi connectivity index (χ0) is 26.2. The van der Waals surface area contributed by atoms with Gasteiger partial charge in [-0.15, -0.1) is 0 Å². The molecule has 7 heteroatoms. The molecule has 1 unspecified atom stereocenters. The number of halogens is 4. The number of aliphatic imine (C=N–C) groups is 1. The van der Waals surface area contributed by atoms with E-state index in [9.17, 15) is 18.3 Å². The van der Waals surface area contributed by atoms with Gasteiger partial charge in [0.1, 0.15) is 5.75 Å². The van der Waals surface area contributed by atoms with Gasteiger partial charge in [-0.3, -0.25) is 4.99 Å². The second-order valence-corrected chi connectivity index (χ2v) is 8.44. The maximum Gasteiger partial charge on any atom is 0.386 e. The second-order valence-electron chi connectivity index (χ2n) is 8.00. The number of hydrogen-bond donors (Lipinski definition) is 1. The van der Waals surface area contributed by atoms with E-state index in [1.807, 2.05) is 69.5 Å². The summed E-state index contributed by atoms with van der Waals surface area (Å²) in [7, 11) is 2.02. The molecule has 2 aromatic carbocycles. The Labute approximate surface area is 210 Å². The molecule has 0 fully saturated rings. The second kappa shape index (κ2) is 12.5. The number of likely N-dealkylation sites (N-methyl/N-ethyl adjacent to an activating group) is 1. The molecule has 0 bridgehead atoms. The molecule has 2 aromatic rings. The van der Waals surface area contributed by atoms with Gasteiger partial charge in [-0.2, -0.15) is 13.2 Å². The quantitative estimate of drug-likeness (QED) is 0.418. The Bertz CT molecular complexity index is 1140. The van der Waals surface area contributed by atoms with E-state index < -0.39 is 6.18 Å². The fourth-order valence-corrected chi connectivity index (χ4v) is 3.70. The Morgan fingerprint density at radius 3 is 2.34 bits per heavy atom. The minimum absolute atomic E-state index is 0.141. The molecule has 0 spiro atoms. The Morgan fingerprint density at radius 2 is 1.77 bits per heavy atom. The van der Waals surface area contributed by atoms with Gasteiger partial charge in [0.05, 0.1) is 17.4 Å². The zero-order valence-corrected chi connectivity index (χ0v) is 21.0. The molecule has 0 saturated heterocycles. The number of allylic oxidation sites excluding steroid dienone is 5. The Hall–Kier alpha value is -3.25. The molecule has 35 heavy (non-hydrogen) atoms. The highest BCUT2D eigenvalue weighted by Crippen LogP contribution is 2.34. The minimum atomic E-state index is -4.00. The van der Waals surface area contributed by atoms with Gasteiger partial charge in [0.25, 0.3) is 0 Å². The maximum absolute atomic E-state index is 10.4. The highest BCUT2D eigenvalue weighted by Gasteiger charge is 2.26. The van der Waals surface area contributed by atoms with Crippen molar-refractivity contribution in [3.63, 3.8) is 0 Å². The van der Waals surface area contributed by atoms with Crippen LogP contribution in [0.25, 0.3) is 0 Å². The van der Waals surface area contributed by atoms with E-state index in [4.69, 9.17) is 16.6 Å². The number of fused-ring (bicyclic) bond motifs is 1. The number of alkyl halides is 3. The first-order valence-corrected chi connectivity index (χ1v) is 11.4. The van der Waals surface area contributed by atoms with Crippen molar-refractivity contribution in [2.45, 2.75) is 39.4 Å². The van der Waals surface area contributed by atoms with Crippen LogP contribution in [0.15, 0.2) is 95.7 Å². The van der Waals surface area contributed by atoms with E-state index in [2.05, 4.69) is 23.6 Å². The SMILES string of the molecule is C=C1C(CC(/C=C\C)=C/C=C\C)N=C(c2ccc(O)cc2)c2cc(Cl)ccc2N1C.CC(F)(F)F. The molecular weight excluding hydrogens is 473 g/mol. The van der Waals surface area contributed by atoms with Crippen LogP contribution in [0.4, 0.5) is 18.9 Å². The van der Waals surface area contributed by atoms with Crippen LogP contribution in [0.3, 0.4) is 0 Å². The monoisotopic (exact) mass is 502 g/mol. The first kappa shape index (κ1) is 28.0. The van der Waals surface area contributed by atoms with Crippen LogP contribution in [-0.2, 0) is 0 Å². The summed E-state index contributed by atoms with van der Waals surface area (Å²) in [5.74, 6) is 0.224. The zero-order valence-electron chi connectivity index (χ0n) is 20.3. The van der Waals surface area contributed by atoms with E-state index in [1.54, 1.807) is 12.1 Å². The van der Waals surface area contributed by atoms with Gasteiger partial charge < -0.3 is 10.0 Å². The lowest BCUT2D eigenvalue weighted by molar-refractivity contribution is -0.110. The van der Waals surface area contributed by atoms with Crippen LogP contribution in [0.5, 0.6) is 5.75 Å². The molecule has 0 radical (unpaired) electrons. The molecule has 1 heterocycles. The van der Waals surface area contributed by atoms with Crippen LogP contribution in [0, 0.1) is 0 Å². The molecule has 1 aliphatic rings. The third-order valence-electron chi connectivity index (χ3n) is 5.13. The summed E-state index contributed by atoms with van der Waals surface area (Å²) < 4.78 is 31.1. The predicted octanol–water partition coefficient (Wildman–Crippen LogP) is 8.25. The van der Waals surface area contributed by atoms with Crippen molar-refractivity contribution in [3.05, 3.63) is 107 Å². The Kier molecular flexibility index (Phi) is 9.96. The number of phenols is 1. The lowest BCUT2D eigenvalue weighted by Crippen LogP contribution is -2.24. The number of rotatable bonds is 5. The fraction of sp³-hybridized carbons (Fsp3) is 0.250. The summed E-state index contributed by atoms with van der Waals surface area (Å²) in [6.45, 7) is 8.58. The van der Waals surface area contributed by atoms with Crippen molar-refractivity contribution in [2.75, 3.05) is 11.9 Å². The van der Waals surface area contributed by atoms with Crippen molar-refractivity contribution in [1.82, 2.24) is 0 Å². The number of benzene rings is 2. The lowest BCUT2D eigenvalue weighted by atomic mass is 10.00. The number of anilines is 1. The van der Waals surface area contributed by atoms with E-state index >= 15 is 0 Å². The number of aromatic hydroxyl groups is 1. The highest BCUT2D eigenvalue weighted by atomic mass is 35.5. The standard InChI is InChI=1S/C26H27ClN2O.C2H3F3/c1-5-7-9-19(8-6-2)16-24-18(3)29(4)25-15-12-21(27)17-23(25)26(28-24)20-10-13-22(30)14-11-20;1-2(3,4)5/h5-15,17,24,30H,3,16H2,1-2,4H3;1H3/b7-5-,8-6-,19-9+;. The van der Waals surface area contributed by atoms with Gasteiger partial charge in [-0.05, 0) is 61.9 Å². The molecule has 0 aliphatic carbocycles. The largest absolute Gasteiger partial charge is 0.508 e. The van der Waals surface area contributed by atoms with E-state index in [-0.39, 0.29) is 18.7 Å². The average molecular weight is 503 g/mol. The van der Waals surface area contributed by atoms with Crippen LogP contribution < -0.4 is 4.90 Å². The van der Waals surface area contributed by atoms with Gasteiger partial charge in [0.2, 0.25) is 0 Å². The Balaban J connectivity index is 0.000000784. The van der Waals surface area contributed by atoms with Gasteiger partial charge in [0.15, 0.2) is 0 Å². The van der Waals surface area contributed by atoms with Crippen LogP contribution >= 0.6 is 11.6 Å². The summed E-state index contributed by atoms with van der Waals surface area (Å²) in [4.78, 5) is 7.25. The predicted molar refractivity (Wildman–Crippen MR) is 141 cm³/mol. The van der Waals surface area contributed by atoms with Crippen LogP contribution in [0.2, 0.25) is 5.02 Å². The van der Waals surface area contributed by atoms with Crippen molar-refractivity contribution >= 4 is 23.0 Å². The van der Waals surface area contributed by atoms with Crippen LogP contribution in [0.1, 0.15) is 38.3 Å². The third-order valence-corrected chi connectivity index (χ3v) is 5.36. The lowest BCUT2D eigenvalue weighted by Gasteiger charge is -2.25. The van der Waals surface area contributed by atoms with E-state index in [1.165, 1.54) is 5.57 Å². The molecular formula is C28H30ClF3N2O. The molecule has 0 amide bonds. The molecule has 3 nitrogen and oxygen atoms in total. The smallest absolute Gasteiger partial charge is 0.386 e. The van der Waals surface area contributed by atoms with E-state index in [0.717, 1.165) is 34.6 Å². The van der Waals surface area contributed by atoms with Gasteiger partial charge in [-0.1, -0.05) is 48.6 Å². The normalized spacial score (nSPS) is 16.6. The first-order chi connectivity index (χ1) is 16.4. The summed E-state index contributed by atoms with van der Waals surface area (Å²) in [6.07, 6.45) is 7.03. The van der Waals surface area contributed by atoms with Crippen molar-refractivity contribution in [2.24, 2.45) is 4.99 Å². The average Bonchev–Trinajstić information content (AvgIpc) is 2.87. The molecule has 0 saturated carbocycles. The minimum Gasteiger partial charge on any atom is -0.508 e. The van der Waals surface area contributed by atoms with Gasteiger partial charge in [-0.25, -0.2) is 0 Å². The first-order valence-electron chi connectivity index (χ1n) is 11.1. The molecule has 1 N–H and O–H groups in total. The highest BCUT2D eigenvalue weighted by molar-refractivity contribution is 6.31. The van der Waals surface area contributed by atoms with Crippen LogP contribution in [-0.4, -0.2) is 30.1 Å². The third kappa shape index (κ3) is 8.48. The topological polar surface area (TPSA) is 35.8 Å². The number of benzodiazepines with no additional fused rings is 1. The molecule has 1 atom stereocenters. The number of hydrogen-bond acceptors (Lipinski definition) is 3. The summed E-state index contributed by atoms with van der Waals surface area (Å²) in [6, 6.07) is 12.8. The molecule has 186 valence electrons. The number of phenolic OH excluding ortho intramolecular Hbond substituents is 1. The van der Waals surface area contributed by atoms with Gasteiger partial charge >= 0.3 is 6.18 Å². The van der Waals surface area contributed by atoms with Crippen molar-refractivity contribution in [1.29, 1.82) is 0 Å². The van der Waals surface area contributed by atoms with Crippen molar-refractivity contribution in [3.8, 4) is 5.75 Å².